The highest BCUT2D eigenvalue weighted by molar-refractivity contribution is 5.58. The molecule has 5 rings (SSSR count). The van der Waals surface area contributed by atoms with Crippen LogP contribution in [0.4, 0.5) is 8.78 Å². The van der Waals surface area contributed by atoms with Crippen LogP contribution in [0.2, 0.25) is 0 Å². The Morgan fingerprint density at radius 2 is 1.87 bits per heavy atom. The van der Waals surface area contributed by atoms with E-state index in [9.17, 15) is 8.78 Å². The zero-order chi connectivity index (χ0) is 21.5. The second-order valence-electron chi connectivity index (χ2n) is 8.31. The Hall–Kier alpha value is -2.14. The van der Waals surface area contributed by atoms with Crippen LogP contribution in [-0.4, -0.2) is 25.2 Å². The first-order valence-electron chi connectivity index (χ1n) is 11.0. The number of benzene rings is 2. The standard InChI is InChI=1S/C23H25F2NO2.C2H6/c1-13(14-6-4-3-5-7-14)26-17-12-15-8-9-18(27-2)21-19(15)20-16(17)10-11-23(24,25)22(20)28-21;1-2/h3-9,13,16-17,20,22,26H,10-12H2,1-2H3;1-2H3/t13?,16?,17-,20?,22-;/m0./s1. The van der Waals surface area contributed by atoms with Gasteiger partial charge in [0.1, 0.15) is 0 Å². The number of rotatable bonds is 4. The molecule has 2 aromatic rings. The molecule has 0 bridgehead atoms. The van der Waals surface area contributed by atoms with E-state index >= 15 is 0 Å². The molecule has 1 fully saturated rings. The molecule has 1 saturated carbocycles. The molecular weight excluding hydrogens is 384 g/mol. The van der Waals surface area contributed by atoms with Crippen LogP contribution in [0.25, 0.3) is 0 Å². The molecule has 2 aromatic carbocycles. The summed E-state index contributed by atoms with van der Waals surface area (Å²) in [5.74, 6) is -1.85. The summed E-state index contributed by atoms with van der Waals surface area (Å²) in [7, 11) is 1.56. The van der Waals surface area contributed by atoms with Crippen molar-refractivity contribution < 1.29 is 18.3 Å². The summed E-state index contributed by atoms with van der Waals surface area (Å²) in [5.41, 5.74) is 3.28. The van der Waals surface area contributed by atoms with E-state index in [4.69, 9.17) is 9.47 Å². The molecule has 0 radical (unpaired) electrons. The minimum absolute atomic E-state index is 0.123. The molecule has 0 aromatic heterocycles. The SMILES string of the molecule is CC.COc1ccc2c3c1O[C@H]1C3C(CCC1(F)F)[C@@H](NC(C)c1ccccc1)C2. The summed E-state index contributed by atoms with van der Waals surface area (Å²) >= 11 is 0. The highest BCUT2D eigenvalue weighted by Crippen LogP contribution is 2.60. The summed E-state index contributed by atoms with van der Waals surface area (Å²) in [6.45, 7) is 6.14. The fourth-order valence-corrected chi connectivity index (χ4v) is 5.45. The molecule has 30 heavy (non-hydrogen) atoms. The van der Waals surface area contributed by atoms with Crippen molar-refractivity contribution in [3.8, 4) is 11.5 Å². The molecule has 2 aliphatic carbocycles. The second-order valence-corrected chi connectivity index (χ2v) is 8.31. The van der Waals surface area contributed by atoms with Crippen molar-refractivity contribution in [2.24, 2.45) is 5.92 Å². The summed E-state index contributed by atoms with van der Waals surface area (Å²) in [6.07, 6.45) is 0.120. The number of halogens is 2. The topological polar surface area (TPSA) is 30.5 Å². The number of hydrogen-bond acceptors (Lipinski definition) is 3. The first kappa shape index (κ1) is 21.1. The Labute approximate surface area is 177 Å². The molecule has 162 valence electrons. The smallest absolute Gasteiger partial charge is 0.284 e. The molecule has 3 nitrogen and oxygen atoms in total. The maximum Gasteiger partial charge on any atom is 0.284 e. The second kappa shape index (κ2) is 8.18. The number of ether oxygens (including phenoxy) is 2. The molecule has 0 amide bonds. The zero-order valence-electron chi connectivity index (χ0n) is 18.1. The molecular formula is C25H31F2NO2. The van der Waals surface area contributed by atoms with Crippen LogP contribution in [0.15, 0.2) is 42.5 Å². The largest absolute Gasteiger partial charge is 0.493 e. The van der Waals surface area contributed by atoms with Gasteiger partial charge in [-0.1, -0.05) is 50.2 Å². The summed E-state index contributed by atoms with van der Waals surface area (Å²) in [5, 5.41) is 3.74. The van der Waals surface area contributed by atoms with Crippen molar-refractivity contribution >= 4 is 0 Å². The molecule has 5 heteroatoms. The monoisotopic (exact) mass is 415 g/mol. The van der Waals surface area contributed by atoms with Crippen molar-refractivity contribution in [3.63, 3.8) is 0 Å². The lowest BCUT2D eigenvalue weighted by atomic mass is 9.64. The van der Waals surface area contributed by atoms with Gasteiger partial charge in [0, 0.05) is 30.0 Å². The van der Waals surface area contributed by atoms with Crippen molar-refractivity contribution in [3.05, 3.63) is 59.2 Å². The van der Waals surface area contributed by atoms with E-state index < -0.39 is 12.0 Å². The van der Waals surface area contributed by atoms with Crippen LogP contribution in [0.3, 0.4) is 0 Å². The van der Waals surface area contributed by atoms with E-state index in [-0.39, 0.29) is 30.3 Å². The molecule has 3 unspecified atom stereocenters. The van der Waals surface area contributed by atoms with Gasteiger partial charge < -0.3 is 14.8 Å². The van der Waals surface area contributed by atoms with Gasteiger partial charge in [-0.25, -0.2) is 8.78 Å². The Balaban J connectivity index is 0.00000106. The minimum Gasteiger partial charge on any atom is -0.493 e. The molecule has 0 spiro atoms. The van der Waals surface area contributed by atoms with Crippen molar-refractivity contribution in [1.82, 2.24) is 5.32 Å². The quantitative estimate of drug-likeness (QED) is 0.676. The van der Waals surface area contributed by atoms with Crippen LogP contribution >= 0.6 is 0 Å². The highest BCUT2D eigenvalue weighted by Gasteiger charge is 2.60. The van der Waals surface area contributed by atoms with E-state index in [1.807, 2.05) is 44.2 Å². The van der Waals surface area contributed by atoms with E-state index in [1.165, 1.54) is 5.56 Å². The lowest BCUT2D eigenvalue weighted by Crippen LogP contribution is -2.54. The van der Waals surface area contributed by atoms with Gasteiger partial charge in [-0.2, -0.15) is 0 Å². The lowest BCUT2D eigenvalue weighted by molar-refractivity contribution is -0.135. The van der Waals surface area contributed by atoms with Crippen LogP contribution in [0.1, 0.15) is 62.3 Å². The number of methoxy groups -OCH3 is 1. The summed E-state index contributed by atoms with van der Waals surface area (Å²) in [6, 6.07) is 14.5. The first-order chi connectivity index (χ1) is 14.5. The maximum atomic E-state index is 14.8. The van der Waals surface area contributed by atoms with Gasteiger partial charge in [-0.05, 0) is 42.9 Å². The van der Waals surface area contributed by atoms with E-state index in [0.717, 1.165) is 17.5 Å². The van der Waals surface area contributed by atoms with Crippen LogP contribution in [0, 0.1) is 5.92 Å². The fraction of sp³-hybridized carbons (Fsp3) is 0.520. The number of alkyl halides is 2. The minimum atomic E-state index is -2.81. The van der Waals surface area contributed by atoms with Gasteiger partial charge >= 0.3 is 0 Å². The third kappa shape index (κ3) is 3.37. The van der Waals surface area contributed by atoms with Gasteiger partial charge in [0.2, 0.25) is 0 Å². The maximum absolute atomic E-state index is 14.8. The summed E-state index contributed by atoms with van der Waals surface area (Å²) < 4.78 is 40.8. The van der Waals surface area contributed by atoms with E-state index in [1.54, 1.807) is 7.11 Å². The van der Waals surface area contributed by atoms with Crippen molar-refractivity contribution in [1.29, 1.82) is 0 Å². The molecule has 0 saturated heterocycles. The predicted octanol–water partition coefficient (Wildman–Crippen LogP) is 5.89. The predicted molar refractivity (Wildman–Crippen MR) is 115 cm³/mol. The Morgan fingerprint density at radius 3 is 2.57 bits per heavy atom. The molecule has 5 atom stereocenters. The van der Waals surface area contributed by atoms with Crippen molar-refractivity contribution in [2.45, 2.75) is 70.1 Å². The normalized spacial score (nSPS) is 28.5. The number of nitrogens with one attached hydrogen (secondary N) is 1. The van der Waals surface area contributed by atoms with Crippen molar-refractivity contribution in [2.75, 3.05) is 7.11 Å². The fourth-order valence-electron chi connectivity index (χ4n) is 5.45. The van der Waals surface area contributed by atoms with Gasteiger partial charge in [0.15, 0.2) is 17.6 Å². The van der Waals surface area contributed by atoms with E-state index in [2.05, 4.69) is 24.4 Å². The van der Waals surface area contributed by atoms with Crippen LogP contribution < -0.4 is 14.8 Å². The van der Waals surface area contributed by atoms with Gasteiger partial charge in [-0.15, -0.1) is 0 Å². The molecule has 3 aliphatic rings. The molecule has 1 heterocycles. The van der Waals surface area contributed by atoms with Crippen LogP contribution in [-0.2, 0) is 6.42 Å². The summed E-state index contributed by atoms with van der Waals surface area (Å²) in [4.78, 5) is 0. The van der Waals surface area contributed by atoms with Crippen LogP contribution in [0.5, 0.6) is 11.5 Å². The van der Waals surface area contributed by atoms with E-state index in [0.29, 0.717) is 17.9 Å². The Kier molecular flexibility index (Phi) is 5.75. The zero-order valence-corrected chi connectivity index (χ0v) is 18.1. The molecule has 1 aliphatic heterocycles. The highest BCUT2D eigenvalue weighted by atomic mass is 19.3. The van der Waals surface area contributed by atoms with Gasteiger partial charge in [-0.3, -0.25) is 0 Å². The Bertz CT molecular complexity index is 886. The third-order valence-electron chi connectivity index (χ3n) is 6.78. The van der Waals surface area contributed by atoms with Gasteiger partial charge in [0.25, 0.3) is 5.92 Å². The Morgan fingerprint density at radius 1 is 1.13 bits per heavy atom. The number of hydrogen-bond donors (Lipinski definition) is 1. The lowest BCUT2D eigenvalue weighted by Gasteiger charge is -2.45. The average molecular weight is 416 g/mol. The van der Waals surface area contributed by atoms with Gasteiger partial charge in [0.05, 0.1) is 7.11 Å². The average Bonchev–Trinajstić information content (AvgIpc) is 3.18. The molecule has 1 N–H and O–H groups in total. The first-order valence-corrected chi connectivity index (χ1v) is 11.0. The third-order valence-corrected chi connectivity index (χ3v) is 6.78.